The molecule has 0 atom stereocenters. The second kappa shape index (κ2) is 3.45. The second-order valence-electron chi connectivity index (χ2n) is 4.74. The van der Waals surface area contributed by atoms with E-state index in [1.165, 1.54) is 25.7 Å². The van der Waals surface area contributed by atoms with Crippen molar-refractivity contribution < 1.29 is 5.11 Å². The highest BCUT2D eigenvalue weighted by molar-refractivity contribution is 5.27. The van der Waals surface area contributed by atoms with Gasteiger partial charge in [0, 0.05) is 0 Å². The molecule has 0 fully saturated rings. The van der Waals surface area contributed by atoms with E-state index in [9.17, 15) is 5.11 Å². The van der Waals surface area contributed by atoms with Crippen molar-refractivity contribution in [3.8, 4) is 0 Å². The van der Waals surface area contributed by atoms with Gasteiger partial charge in [0.2, 0.25) is 0 Å². The fourth-order valence-electron chi connectivity index (χ4n) is 2.96. The molecule has 0 bridgehead atoms. The van der Waals surface area contributed by atoms with Crippen LogP contribution in [0.3, 0.4) is 0 Å². The highest BCUT2D eigenvalue weighted by Gasteiger charge is 2.36. The average molecular weight is 180 g/mol. The molecule has 1 nitrogen and oxygen atoms in total. The maximum absolute atomic E-state index is 10.3. The highest BCUT2D eigenvalue weighted by atomic mass is 16.3. The molecule has 0 radical (unpaired) electrons. The first-order valence-electron chi connectivity index (χ1n) is 5.66. The molecule has 0 unspecified atom stereocenters. The predicted molar refractivity (Wildman–Crippen MR) is 54.6 cm³/mol. The van der Waals surface area contributed by atoms with Gasteiger partial charge in [-0.15, -0.1) is 0 Å². The zero-order chi connectivity index (χ0) is 9.31. The first-order chi connectivity index (χ1) is 6.23. The van der Waals surface area contributed by atoms with Crippen molar-refractivity contribution in [2.45, 2.75) is 63.9 Å². The van der Waals surface area contributed by atoms with E-state index in [1.54, 1.807) is 11.1 Å². The lowest BCUT2D eigenvalue weighted by Gasteiger charge is -2.22. The Bertz CT molecular complexity index is 209. The molecule has 74 valence electrons. The number of rotatable bonds is 2. The molecular formula is C12H20O. The molecule has 1 N–H and O–H groups in total. The topological polar surface area (TPSA) is 20.2 Å². The van der Waals surface area contributed by atoms with E-state index in [0.29, 0.717) is 0 Å². The zero-order valence-corrected chi connectivity index (χ0v) is 8.60. The second-order valence-corrected chi connectivity index (χ2v) is 4.74. The van der Waals surface area contributed by atoms with Crippen LogP contribution in [0.25, 0.3) is 0 Å². The molecule has 0 amide bonds. The standard InChI is InChI=1S/C12H20O/c1-2-7-12(13)8-10-5-3-4-6-11(10)9-12/h13H,2-9H2,1H3. The Morgan fingerprint density at radius 3 is 2.15 bits per heavy atom. The van der Waals surface area contributed by atoms with Crippen LogP contribution in [0.1, 0.15) is 58.3 Å². The number of aliphatic hydroxyl groups is 1. The van der Waals surface area contributed by atoms with Gasteiger partial charge in [-0.2, -0.15) is 0 Å². The van der Waals surface area contributed by atoms with Gasteiger partial charge in [-0.1, -0.05) is 24.5 Å². The molecule has 1 heteroatoms. The van der Waals surface area contributed by atoms with Crippen molar-refractivity contribution in [1.29, 1.82) is 0 Å². The molecule has 0 saturated heterocycles. The lowest BCUT2D eigenvalue weighted by atomic mass is 9.93. The molecule has 0 aromatic carbocycles. The van der Waals surface area contributed by atoms with Crippen LogP contribution in [0.4, 0.5) is 0 Å². The summed E-state index contributed by atoms with van der Waals surface area (Å²) in [6.45, 7) is 2.16. The quantitative estimate of drug-likeness (QED) is 0.647. The van der Waals surface area contributed by atoms with Crippen LogP contribution in [0.15, 0.2) is 11.1 Å². The molecule has 0 aromatic heterocycles. The normalized spacial score (nSPS) is 26.3. The minimum atomic E-state index is -0.343. The van der Waals surface area contributed by atoms with E-state index in [4.69, 9.17) is 0 Å². The molecule has 0 saturated carbocycles. The predicted octanol–water partition coefficient (Wildman–Crippen LogP) is 3.18. The zero-order valence-electron chi connectivity index (χ0n) is 8.60. The lowest BCUT2D eigenvalue weighted by Crippen LogP contribution is -2.24. The van der Waals surface area contributed by atoms with Crippen molar-refractivity contribution >= 4 is 0 Å². The minimum absolute atomic E-state index is 0.343. The van der Waals surface area contributed by atoms with Crippen LogP contribution in [-0.2, 0) is 0 Å². The summed E-state index contributed by atoms with van der Waals surface area (Å²) in [5.41, 5.74) is 2.86. The largest absolute Gasteiger partial charge is 0.389 e. The van der Waals surface area contributed by atoms with E-state index in [2.05, 4.69) is 6.92 Å². The first-order valence-corrected chi connectivity index (χ1v) is 5.66. The maximum atomic E-state index is 10.3. The Kier molecular flexibility index (Phi) is 2.46. The average Bonchev–Trinajstić information content (AvgIpc) is 2.40. The molecule has 0 aliphatic heterocycles. The van der Waals surface area contributed by atoms with Crippen molar-refractivity contribution in [2.24, 2.45) is 0 Å². The molecule has 0 aromatic rings. The third-order valence-corrected chi connectivity index (χ3v) is 3.51. The van der Waals surface area contributed by atoms with Gasteiger partial charge in [0.05, 0.1) is 5.60 Å². The summed E-state index contributed by atoms with van der Waals surface area (Å²) in [4.78, 5) is 0. The van der Waals surface area contributed by atoms with Gasteiger partial charge < -0.3 is 5.11 Å². The Morgan fingerprint density at radius 2 is 1.69 bits per heavy atom. The minimum Gasteiger partial charge on any atom is -0.389 e. The lowest BCUT2D eigenvalue weighted by molar-refractivity contribution is 0.0407. The summed E-state index contributed by atoms with van der Waals surface area (Å²) in [7, 11) is 0. The van der Waals surface area contributed by atoms with Crippen molar-refractivity contribution in [3.63, 3.8) is 0 Å². The van der Waals surface area contributed by atoms with Gasteiger partial charge in [0.15, 0.2) is 0 Å². The summed E-state index contributed by atoms with van der Waals surface area (Å²) >= 11 is 0. The van der Waals surface area contributed by atoms with Crippen LogP contribution in [0.2, 0.25) is 0 Å². The third kappa shape index (κ3) is 1.80. The van der Waals surface area contributed by atoms with Crippen LogP contribution in [0.5, 0.6) is 0 Å². The van der Waals surface area contributed by atoms with E-state index < -0.39 is 0 Å². The summed E-state index contributed by atoms with van der Waals surface area (Å²) in [6, 6.07) is 0. The van der Waals surface area contributed by atoms with Gasteiger partial charge in [-0.25, -0.2) is 0 Å². The van der Waals surface area contributed by atoms with Gasteiger partial charge >= 0.3 is 0 Å². The summed E-state index contributed by atoms with van der Waals surface area (Å²) in [5, 5.41) is 10.3. The van der Waals surface area contributed by atoms with E-state index >= 15 is 0 Å². The Hall–Kier alpha value is -0.300. The molecule has 0 spiro atoms. The van der Waals surface area contributed by atoms with Gasteiger partial charge in [-0.05, 0) is 44.9 Å². The van der Waals surface area contributed by atoms with Crippen LogP contribution >= 0.6 is 0 Å². The maximum Gasteiger partial charge on any atom is 0.0721 e. The number of hydrogen-bond donors (Lipinski definition) is 1. The first kappa shape index (κ1) is 9.26. The summed E-state index contributed by atoms with van der Waals surface area (Å²) in [5.74, 6) is 0. The van der Waals surface area contributed by atoms with Crippen LogP contribution in [-0.4, -0.2) is 10.7 Å². The van der Waals surface area contributed by atoms with Crippen molar-refractivity contribution in [3.05, 3.63) is 11.1 Å². The van der Waals surface area contributed by atoms with E-state index in [0.717, 1.165) is 25.7 Å². The molecule has 2 rings (SSSR count). The van der Waals surface area contributed by atoms with Crippen LogP contribution < -0.4 is 0 Å². The SMILES string of the molecule is CCCC1(O)CC2=C(CCCC2)C1. The monoisotopic (exact) mass is 180 g/mol. The van der Waals surface area contributed by atoms with Crippen LogP contribution in [0, 0.1) is 0 Å². The molecule has 2 aliphatic rings. The number of hydrogen-bond acceptors (Lipinski definition) is 1. The van der Waals surface area contributed by atoms with Crippen molar-refractivity contribution in [2.75, 3.05) is 0 Å². The fraction of sp³-hybridized carbons (Fsp3) is 0.833. The highest BCUT2D eigenvalue weighted by Crippen LogP contribution is 2.44. The molecule has 0 heterocycles. The Morgan fingerprint density at radius 1 is 1.15 bits per heavy atom. The molecule has 13 heavy (non-hydrogen) atoms. The smallest absolute Gasteiger partial charge is 0.0721 e. The van der Waals surface area contributed by atoms with Gasteiger partial charge in [0.1, 0.15) is 0 Å². The Balaban J connectivity index is 2.04. The van der Waals surface area contributed by atoms with Crippen molar-refractivity contribution in [1.82, 2.24) is 0 Å². The third-order valence-electron chi connectivity index (χ3n) is 3.51. The Labute approximate surface area is 80.8 Å². The van der Waals surface area contributed by atoms with Gasteiger partial charge in [-0.3, -0.25) is 0 Å². The fourth-order valence-corrected chi connectivity index (χ4v) is 2.96. The molecular weight excluding hydrogens is 160 g/mol. The molecule has 2 aliphatic carbocycles. The van der Waals surface area contributed by atoms with E-state index in [1.807, 2.05) is 0 Å². The summed E-state index contributed by atoms with van der Waals surface area (Å²) < 4.78 is 0. The van der Waals surface area contributed by atoms with Gasteiger partial charge in [0.25, 0.3) is 0 Å². The van der Waals surface area contributed by atoms with E-state index in [-0.39, 0.29) is 5.60 Å². The summed E-state index contributed by atoms with van der Waals surface area (Å²) in [6.07, 6.45) is 9.29.